The molecule has 2 fully saturated rings. The number of para-hydroxylation sites is 1. The first-order valence-corrected chi connectivity index (χ1v) is 10.5. The fourth-order valence-electron chi connectivity index (χ4n) is 3.56. The maximum Gasteiger partial charge on any atom is 0.222 e. The predicted octanol–water partition coefficient (Wildman–Crippen LogP) is 4.45. The number of benzene rings is 1. The lowest BCUT2D eigenvalue weighted by atomic mass is 10.0. The molecule has 0 spiro atoms. The molecule has 1 N–H and O–H groups in total. The second kappa shape index (κ2) is 10.6. The van der Waals surface area contributed by atoms with E-state index in [4.69, 9.17) is 0 Å². The number of carbonyl (C=O) groups excluding carboxylic acids is 1. The Bertz CT molecular complexity index is 694. The molecule has 1 amide bonds. The van der Waals surface area contributed by atoms with Crippen LogP contribution in [0.1, 0.15) is 43.5 Å². The number of hydrogen-bond donors (Lipinski definition) is 1. The first kappa shape index (κ1) is 22.4. The summed E-state index contributed by atoms with van der Waals surface area (Å²) in [5, 5.41) is 4.83. The average Bonchev–Trinajstić information content (AvgIpc) is 3.38. The molecule has 2 aliphatic rings. The third-order valence-electron chi connectivity index (χ3n) is 5.36. The highest BCUT2D eigenvalue weighted by molar-refractivity contribution is 7.18. The van der Waals surface area contributed by atoms with Crippen molar-refractivity contribution in [3.05, 3.63) is 29.3 Å². The second-order valence-electron chi connectivity index (χ2n) is 7.44. The summed E-state index contributed by atoms with van der Waals surface area (Å²) in [7, 11) is 0. The van der Waals surface area contributed by atoms with E-state index in [-0.39, 0.29) is 24.8 Å². The maximum atomic E-state index is 12.4. The molecule has 150 valence electrons. The van der Waals surface area contributed by atoms with Crippen molar-refractivity contribution in [3.8, 4) is 0 Å². The number of aryl methyl sites for hydroxylation is 1. The number of fused-ring (bicyclic) bond motifs is 1. The van der Waals surface area contributed by atoms with Gasteiger partial charge < -0.3 is 10.2 Å². The summed E-state index contributed by atoms with van der Waals surface area (Å²) in [6.45, 7) is 3.02. The quantitative estimate of drug-likeness (QED) is 0.706. The molecule has 2 aromatic rings. The van der Waals surface area contributed by atoms with Gasteiger partial charge in [-0.1, -0.05) is 12.1 Å². The van der Waals surface area contributed by atoms with Crippen molar-refractivity contribution in [1.82, 2.24) is 15.2 Å². The van der Waals surface area contributed by atoms with Crippen LogP contribution in [0, 0.1) is 5.92 Å². The van der Waals surface area contributed by atoms with Crippen molar-refractivity contribution in [2.24, 2.45) is 5.92 Å². The second-order valence-corrected chi connectivity index (χ2v) is 8.55. The van der Waals surface area contributed by atoms with E-state index in [9.17, 15) is 4.79 Å². The molecule has 0 bridgehead atoms. The smallest absolute Gasteiger partial charge is 0.222 e. The van der Waals surface area contributed by atoms with Crippen molar-refractivity contribution < 1.29 is 4.79 Å². The standard InChI is InChI=1S/C20H27N3OS.2ClH/c24-20(23-12-10-16(11-13-23)21-14-15-8-9-15)7-3-6-19-22-17-4-1-2-5-18(17)25-19;;/h1-2,4-5,15-16,21H,3,6-14H2;2*1H. The van der Waals surface area contributed by atoms with Crippen molar-refractivity contribution >= 4 is 52.3 Å². The Morgan fingerprint density at radius 3 is 2.59 bits per heavy atom. The van der Waals surface area contributed by atoms with Crippen LogP contribution in [-0.2, 0) is 11.2 Å². The number of halogens is 2. The van der Waals surface area contributed by atoms with Crippen LogP contribution in [0.5, 0.6) is 0 Å². The number of likely N-dealkylation sites (tertiary alicyclic amines) is 1. The van der Waals surface area contributed by atoms with Crippen LogP contribution in [-0.4, -0.2) is 41.5 Å². The highest BCUT2D eigenvalue weighted by Gasteiger charge is 2.25. The van der Waals surface area contributed by atoms with E-state index in [0.29, 0.717) is 18.4 Å². The number of aromatic nitrogens is 1. The van der Waals surface area contributed by atoms with Crippen LogP contribution in [0.25, 0.3) is 10.2 Å². The molecule has 1 aromatic carbocycles. The number of rotatable bonds is 7. The summed E-state index contributed by atoms with van der Waals surface area (Å²) < 4.78 is 1.24. The van der Waals surface area contributed by atoms with Crippen molar-refractivity contribution in [2.45, 2.75) is 51.0 Å². The molecule has 1 aliphatic heterocycles. The zero-order valence-electron chi connectivity index (χ0n) is 15.6. The molecular formula is C20H29Cl2N3OS. The first-order chi connectivity index (χ1) is 12.3. The van der Waals surface area contributed by atoms with Gasteiger partial charge in [0.25, 0.3) is 0 Å². The van der Waals surface area contributed by atoms with Crippen LogP contribution in [0.3, 0.4) is 0 Å². The molecule has 4 rings (SSSR count). The van der Waals surface area contributed by atoms with Gasteiger partial charge in [-0.15, -0.1) is 36.2 Å². The molecule has 2 heterocycles. The molecule has 1 saturated heterocycles. The summed E-state index contributed by atoms with van der Waals surface area (Å²) >= 11 is 1.75. The summed E-state index contributed by atoms with van der Waals surface area (Å²) in [6, 6.07) is 8.87. The van der Waals surface area contributed by atoms with E-state index >= 15 is 0 Å². The molecule has 4 nitrogen and oxygen atoms in total. The van der Waals surface area contributed by atoms with Crippen LogP contribution >= 0.6 is 36.2 Å². The number of carbonyl (C=O) groups is 1. The van der Waals surface area contributed by atoms with Crippen molar-refractivity contribution in [3.63, 3.8) is 0 Å². The summed E-state index contributed by atoms with van der Waals surface area (Å²) in [4.78, 5) is 19.2. The average molecular weight is 430 g/mol. The van der Waals surface area contributed by atoms with Crippen LogP contribution in [0.4, 0.5) is 0 Å². The molecule has 0 atom stereocenters. The zero-order valence-corrected chi connectivity index (χ0v) is 18.0. The lowest BCUT2D eigenvalue weighted by Crippen LogP contribution is -2.45. The third kappa shape index (κ3) is 6.31. The summed E-state index contributed by atoms with van der Waals surface area (Å²) in [5.41, 5.74) is 1.08. The van der Waals surface area contributed by atoms with Gasteiger partial charge >= 0.3 is 0 Å². The lowest BCUT2D eigenvalue weighted by molar-refractivity contribution is -0.132. The molecule has 1 aliphatic carbocycles. The Kier molecular flexibility index (Phi) is 8.80. The van der Waals surface area contributed by atoms with Crippen LogP contribution in [0.2, 0.25) is 0 Å². The van der Waals surface area contributed by atoms with Crippen molar-refractivity contribution in [2.75, 3.05) is 19.6 Å². The number of nitrogens with zero attached hydrogens (tertiary/aromatic N) is 2. The zero-order chi connectivity index (χ0) is 17.1. The van der Waals surface area contributed by atoms with Gasteiger partial charge in [0.05, 0.1) is 15.2 Å². The molecule has 7 heteroatoms. The van der Waals surface area contributed by atoms with Gasteiger partial charge in [0.1, 0.15) is 0 Å². The molecule has 0 unspecified atom stereocenters. The molecular weight excluding hydrogens is 401 g/mol. The Labute approximate surface area is 177 Å². The maximum absolute atomic E-state index is 12.4. The Morgan fingerprint density at radius 1 is 1.15 bits per heavy atom. The van der Waals surface area contributed by atoms with Gasteiger partial charge in [-0.2, -0.15) is 0 Å². The number of hydrogen-bond acceptors (Lipinski definition) is 4. The van der Waals surface area contributed by atoms with E-state index in [1.807, 2.05) is 6.07 Å². The predicted molar refractivity (Wildman–Crippen MR) is 117 cm³/mol. The summed E-state index contributed by atoms with van der Waals surface area (Å²) in [5.74, 6) is 1.25. The Morgan fingerprint density at radius 2 is 1.89 bits per heavy atom. The van der Waals surface area contributed by atoms with Crippen LogP contribution in [0.15, 0.2) is 24.3 Å². The molecule has 0 radical (unpaired) electrons. The van der Waals surface area contributed by atoms with Gasteiger partial charge in [-0.3, -0.25) is 4.79 Å². The number of piperidine rings is 1. The minimum absolute atomic E-state index is 0. The van der Waals surface area contributed by atoms with Gasteiger partial charge in [0, 0.05) is 25.6 Å². The number of amides is 1. The minimum Gasteiger partial charge on any atom is -0.343 e. The summed E-state index contributed by atoms with van der Waals surface area (Å²) in [6.07, 6.45) is 7.48. The monoisotopic (exact) mass is 429 g/mol. The third-order valence-corrected chi connectivity index (χ3v) is 6.46. The van der Waals surface area contributed by atoms with Gasteiger partial charge in [0.15, 0.2) is 0 Å². The Hall–Kier alpha value is -0.880. The topological polar surface area (TPSA) is 45.2 Å². The van der Waals surface area contributed by atoms with Crippen molar-refractivity contribution in [1.29, 1.82) is 0 Å². The van der Waals surface area contributed by atoms with Gasteiger partial charge in [-0.05, 0) is 63.1 Å². The highest BCUT2D eigenvalue weighted by atomic mass is 35.5. The van der Waals surface area contributed by atoms with E-state index in [2.05, 4.69) is 33.4 Å². The lowest BCUT2D eigenvalue weighted by Gasteiger charge is -2.32. The van der Waals surface area contributed by atoms with Gasteiger partial charge in [0.2, 0.25) is 5.91 Å². The largest absolute Gasteiger partial charge is 0.343 e. The fraction of sp³-hybridized carbons (Fsp3) is 0.600. The highest BCUT2D eigenvalue weighted by Crippen LogP contribution is 2.28. The first-order valence-electron chi connectivity index (χ1n) is 9.63. The SMILES string of the molecule is Cl.Cl.O=C(CCCc1nc2ccccc2s1)N1CCC(NCC2CC2)CC1. The van der Waals surface area contributed by atoms with E-state index in [1.165, 1.54) is 24.1 Å². The van der Waals surface area contributed by atoms with Gasteiger partial charge in [-0.25, -0.2) is 4.98 Å². The minimum atomic E-state index is 0. The van der Waals surface area contributed by atoms with Crippen LogP contribution < -0.4 is 5.32 Å². The number of thiazole rings is 1. The van der Waals surface area contributed by atoms with E-state index in [0.717, 1.165) is 55.2 Å². The number of nitrogens with one attached hydrogen (secondary N) is 1. The van der Waals surface area contributed by atoms with E-state index < -0.39 is 0 Å². The Balaban J connectivity index is 0.00000131. The molecule has 1 aromatic heterocycles. The fourth-order valence-corrected chi connectivity index (χ4v) is 4.57. The van der Waals surface area contributed by atoms with E-state index in [1.54, 1.807) is 11.3 Å². The normalized spacial score (nSPS) is 17.4. The molecule has 27 heavy (non-hydrogen) atoms. The molecule has 1 saturated carbocycles.